The van der Waals surface area contributed by atoms with Crippen molar-refractivity contribution in [2.45, 2.75) is 13.5 Å². The van der Waals surface area contributed by atoms with E-state index in [2.05, 4.69) is 5.16 Å². The van der Waals surface area contributed by atoms with Crippen molar-refractivity contribution in [1.29, 1.82) is 0 Å². The lowest BCUT2D eigenvalue weighted by Gasteiger charge is -2.18. The van der Waals surface area contributed by atoms with Crippen molar-refractivity contribution in [2.24, 2.45) is 0 Å². The van der Waals surface area contributed by atoms with E-state index in [9.17, 15) is 9.18 Å². The van der Waals surface area contributed by atoms with E-state index in [-0.39, 0.29) is 22.9 Å². The molecule has 0 unspecified atom stereocenters. The molecule has 0 N–H and O–H groups in total. The molecule has 1 amide bonds. The Morgan fingerprint density at radius 2 is 2.12 bits per heavy atom. The third-order valence-corrected chi connectivity index (χ3v) is 4.73. The quantitative estimate of drug-likeness (QED) is 0.649. The Kier molecular flexibility index (Phi) is 4.97. The van der Waals surface area contributed by atoms with Gasteiger partial charge in [0.2, 0.25) is 0 Å². The maximum atomic E-state index is 13.8. The Balaban J connectivity index is 1.80. The zero-order chi connectivity index (χ0) is 17.1. The largest absolute Gasteiger partial charge is 0.355 e. The van der Waals surface area contributed by atoms with Crippen LogP contribution in [0.3, 0.4) is 0 Å². The van der Waals surface area contributed by atoms with Crippen LogP contribution < -0.4 is 0 Å². The van der Waals surface area contributed by atoms with Crippen LogP contribution in [0.15, 0.2) is 47.0 Å². The second-order valence-electron chi connectivity index (χ2n) is 5.08. The van der Waals surface area contributed by atoms with Crippen molar-refractivity contribution in [1.82, 2.24) is 10.1 Å². The first kappa shape index (κ1) is 16.7. The molecule has 0 aliphatic heterocycles. The number of hydrogen-bond donors (Lipinski definition) is 0. The van der Waals surface area contributed by atoms with E-state index < -0.39 is 5.82 Å². The molecule has 124 valence electrons. The molecule has 24 heavy (non-hydrogen) atoms. The van der Waals surface area contributed by atoms with Gasteiger partial charge in [-0.05, 0) is 31.2 Å². The number of carbonyl (C=O) groups excluding carboxylic acids is 1. The van der Waals surface area contributed by atoms with Crippen LogP contribution in [0.2, 0.25) is 4.34 Å². The zero-order valence-electron chi connectivity index (χ0n) is 12.8. The molecular formula is C17H14ClFN2O2S. The first-order valence-electron chi connectivity index (χ1n) is 7.33. The van der Waals surface area contributed by atoms with Gasteiger partial charge in [-0.1, -0.05) is 28.9 Å². The molecule has 0 spiro atoms. The van der Waals surface area contributed by atoms with Gasteiger partial charge in [0, 0.05) is 17.5 Å². The van der Waals surface area contributed by atoms with Crippen LogP contribution in [-0.2, 0) is 6.54 Å². The predicted octanol–water partition coefficient (Wildman–Crippen LogP) is 4.86. The van der Waals surface area contributed by atoms with Gasteiger partial charge < -0.3 is 9.42 Å². The van der Waals surface area contributed by atoms with Gasteiger partial charge >= 0.3 is 0 Å². The van der Waals surface area contributed by atoms with Crippen molar-refractivity contribution in [3.8, 4) is 11.3 Å². The molecule has 2 aromatic heterocycles. The SMILES string of the molecule is CCN(Cc1ccc(Cl)s1)C(=O)c1cc(-c2ccccc2F)on1. The van der Waals surface area contributed by atoms with E-state index in [1.54, 1.807) is 29.2 Å². The van der Waals surface area contributed by atoms with Crippen LogP contribution in [-0.4, -0.2) is 22.5 Å². The van der Waals surface area contributed by atoms with Gasteiger partial charge in [0.25, 0.3) is 5.91 Å². The molecular weight excluding hydrogens is 351 g/mol. The number of carbonyl (C=O) groups is 1. The standard InChI is InChI=1S/C17H14ClFN2O2S/c1-2-21(10-11-7-8-16(18)24-11)17(22)14-9-15(23-20-14)12-5-3-4-6-13(12)19/h3-9H,2,10H2,1H3. The number of hydrogen-bond acceptors (Lipinski definition) is 4. The Morgan fingerprint density at radius 1 is 1.33 bits per heavy atom. The lowest BCUT2D eigenvalue weighted by Crippen LogP contribution is -2.30. The molecule has 0 atom stereocenters. The fourth-order valence-electron chi connectivity index (χ4n) is 2.28. The third kappa shape index (κ3) is 3.49. The second-order valence-corrected chi connectivity index (χ2v) is 6.88. The summed E-state index contributed by atoms with van der Waals surface area (Å²) in [5.74, 6) is -0.465. The molecule has 0 fully saturated rings. The molecule has 1 aromatic carbocycles. The highest BCUT2D eigenvalue weighted by atomic mass is 35.5. The Bertz CT molecular complexity index is 862. The number of benzene rings is 1. The first-order chi connectivity index (χ1) is 11.6. The molecule has 4 nitrogen and oxygen atoms in total. The maximum absolute atomic E-state index is 13.8. The van der Waals surface area contributed by atoms with Crippen LogP contribution in [0, 0.1) is 5.82 Å². The molecule has 0 bridgehead atoms. The molecule has 3 aromatic rings. The number of rotatable bonds is 5. The molecule has 2 heterocycles. The molecule has 0 aliphatic rings. The summed E-state index contributed by atoms with van der Waals surface area (Å²) in [6.45, 7) is 2.83. The van der Waals surface area contributed by atoms with Crippen molar-refractivity contribution in [2.75, 3.05) is 6.54 Å². The fraction of sp³-hybridized carbons (Fsp3) is 0.176. The Labute approximate surface area is 147 Å². The summed E-state index contributed by atoms with van der Waals surface area (Å²) in [5.41, 5.74) is 0.426. The molecule has 7 heteroatoms. The van der Waals surface area contributed by atoms with Gasteiger partial charge in [0.1, 0.15) is 5.82 Å². The van der Waals surface area contributed by atoms with Gasteiger partial charge in [0.05, 0.1) is 16.4 Å². The minimum absolute atomic E-state index is 0.151. The predicted molar refractivity (Wildman–Crippen MR) is 91.6 cm³/mol. The average molecular weight is 365 g/mol. The van der Waals surface area contributed by atoms with Gasteiger partial charge in [-0.15, -0.1) is 11.3 Å². The summed E-state index contributed by atoms with van der Waals surface area (Å²) >= 11 is 7.35. The van der Waals surface area contributed by atoms with E-state index in [1.807, 2.05) is 13.0 Å². The first-order valence-corrected chi connectivity index (χ1v) is 8.53. The van der Waals surface area contributed by atoms with Crippen molar-refractivity contribution < 1.29 is 13.7 Å². The topological polar surface area (TPSA) is 46.3 Å². The summed E-state index contributed by atoms with van der Waals surface area (Å²) < 4.78 is 19.6. The highest BCUT2D eigenvalue weighted by molar-refractivity contribution is 7.16. The number of nitrogens with zero attached hydrogens (tertiary/aromatic N) is 2. The van der Waals surface area contributed by atoms with Gasteiger partial charge in [-0.3, -0.25) is 4.79 Å². The summed E-state index contributed by atoms with van der Waals surface area (Å²) in [4.78, 5) is 15.2. The van der Waals surface area contributed by atoms with Crippen molar-refractivity contribution in [3.05, 3.63) is 63.2 Å². The van der Waals surface area contributed by atoms with Crippen LogP contribution in [0.4, 0.5) is 4.39 Å². The molecule has 0 saturated carbocycles. The summed E-state index contributed by atoms with van der Waals surface area (Å²) in [5, 5.41) is 3.79. The second kappa shape index (κ2) is 7.15. The lowest BCUT2D eigenvalue weighted by molar-refractivity contribution is 0.0744. The Hall–Kier alpha value is -2.18. The minimum atomic E-state index is -0.423. The van der Waals surface area contributed by atoms with Crippen LogP contribution >= 0.6 is 22.9 Å². The van der Waals surface area contributed by atoms with Gasteiger partial charge in [-0.25, -0.2) is 4.39 Å². The Morgan fingerprint density at radius 3 is 2.79 bits per heavy atom. The minimum Gasteiger partial charge on any atom is -0.355 e. The average Bonchev–Trinajstić information content (AvgIpc) is 3.21. The van der Waals surface area contributed by atoms with E-state index in [4.69, 9.17) is 16.1 Å². The van der Waals surface area contributed by atoms with Crippen LogP contribution in [0.25, 0.3) is 11.3 Å². The normalized spacial score (nSPS) is 10.8. The molecule has 0 aliphatic carbocycles. The highest BCUT2D eigenvalue weighted by Crippen LogP contribution is 2.25. The summed E-state index contributed by atoms with van der Waals surface area (Å²) in [6.07, 6.45) is 0. The van der Waals surface area contributed by atoms with Crippen LogP contribution in [0.1, 0.15) is 22.3 Å². The zero-order valence-corrected chi connectivity index (χ0v) is 14.4. The van der Waals surface area contributed by atoms with E-state index >= 15 is 0 Å². The fourth-order valence-corrected chi connectivity index (χ4v) is 3.38. The number of halogens is 2. The summed E-state index contributed by atoms with van der Waals surface area (Å²) in [6, 6.07) is 11.3. The smallest absolute Gasteiger partial charge is 0.276 e. The summed E-state index contributed by atoms with van der Waals surface area (Å²) in [7, 11) is 0. The number of amides is 1. The maximum Gasteiger partial charge on any atom is 0.276 e. The lowest BCUT2D eigenvalue weighted by atomic mass is 10.1. The highest BCUT2D eigenvalue weighted by Gasteiger charge is 2.21. The van der Waals surface area contributed by atoms with Crippen LogP contribution in [0.5, 0.6) is 0 Å². The van der Waals surface area contributed by atoms with Crippen molar-refractivity contribution in [3.63, 3.8) is 0 Å². The monoisotopic (exact) mass is 364 g/mol. The van der Waals surface area contributed by atoms with E-state index in [1.165, 1.54) is 23.5 Å². The van der Waals surface area contributed by atoms with Gasteiger partial charge in [0.15, 0.2) is 11.5 Å². The third-order valence-electron chi connectivity index (χ3n) is 3.51. The van der Waals surface area contributed by atoms with E-state index in [0.29, 0.717) is 17.4 Å². The molecule has 0 radical (unpaired) electrons. The number of thiophene rings is 1. The number of aromatic nitrogens is 1. The molecule has 3 rings (SSSR count). The molecule has 0 saturated heterocycles. The van der Waals surface area contributed by atoms with E-state index in [0.717, 1.165) is 4.88 Å². The van der Waals surface area contributed by atoms with Crippen molar-refractivity contribution >= 4 is 28.8 Å². The van der Waals surface area contributed by atoms with Gasteiger partial charge in [-0.2, -0.15) is 0 Å².